The zero-order valence-electron chi connectivity index (χ0n) is 13.9. The number of anilines is 1. The normalized spacial score (nSPS) is 19.8. The predicted octanol–water partition coefficient (Wildman–Crippen LogP) is 2.26. The molecule has 6 nitrogen and oxygen atoms in total. The van der Waals surface area contributed by atoms with Gasteiger partial charge in [-0.25, -0.2) is 4.90 Å². The van der Waals surface area contributed by atoms with E-state index in [1.807, 2.05) is 0 Å². The molecule has 0 radical (unpaired) electrons. The quantitative estimate of drug-likeness (QED) is 0.748. The van der Waals surface area contributed by atoms with Crippen molar-refractivity contribution in [3.8, 4) is 0 Å². The molecule has 26 heavy (non-hydrogen) atoms. The lowest BCUT2D eigenvalue weighted by molar-refractivity contribution is -0.139. The Bertz CT molecular complexity index is 751. The van der Waals surface area contributed by atoms with Gasteiger partial charge in [-0.1, -0.05) is 6.07 Å². The number of thioether (sulfide) groups is 1. The van der Waals surface area contributed by atoms with E-state index in [1.54, 1.807) is 0 Å². The van der Waals surface area contributed by atoms with Crippen molar-refractivity contribution >= 4 is 35.2 Å². The van der Waals surface area contributed by atoms with Gasteiger partial charge in [0.25, 0.3) is 0 Å². The molecule has 1 aromatic carbocycles. The highest BCUT2D eigenvalue weighted by molar-refractivity contribution is 8.02. The average Bonchev–Trinajstić information content (AvgIpc) is 2.79. The molecular weight excluding hydrogens is 373 g/mol. The number of aliphatic carboxylic acids is 1. The van der Waals surface area contributed by atoms with Crippen LogP contribution in [0.5, 0.6) is 0 Å². The summed E-state index contributed by atoms with van der Waals surface area (Å²) in [6, 6.07) is 2.65. The van der Waals surface area contributed by atoms with Crippen molar-refractivity contribution in [2.75, 3.05) is 4.90 Å². The Morgan fingerprint density at radius 2 is 1.96 bits per heavy atom. The van der Waals surface area contributed by atoms with Crippen LogP contribution in [0.4, 0.5) is 18.9 Å². The van der Waals surface area contributed by atoms with Crippen LogP contribution in [0.2, 0.25) is 0 Å². The molecular formula is C16H17F3N2O4S. The van der Waals surface area contributed by atoms with Gasteiger partial charge in [0.15, 0.2) is 0 Å². The number of carboxylic acid groups (broad SMARTS) is 1. The number of carbonyl (C=O) groups is 3. The second kappa shape index (κ2) is 6.92. The number of alkyl halides is 3. The number of rotatable bonds is 5. The average molecular weight is 390 g/mol. The van der Waals surface area contributed by atoms with E-state index in [1.165, 1.54) is 19.9 Å². The number of amides is 2. The number of benzene rings is 1. The third kappa shape index (κ3) is 4.01. The molecule has 3 N–H and O–H groups in total. The number of halogens is 3. The fourth-order valence-electron chi connectivity index (χ4n) is 2.53. The summed E-state index contributed by atoms with van der Waals surface area (Å²) in [4.78, 5) is 36.6. The van der Waals surface area contributed by atoms with Crippen LogP contribution >= 0.6 is 11.8 Å². The van der Waals surface area contributed by atoms with Gasteiger partial charge in [-0.15, -0.1) is 11.8 Å². The van der Waals surface area contributed by atoms with Gasteiger partial charge in [-0.05, 0) is 32.0 Å². The molecule has 1 aliphatic rings. The summed E-state index contributed by atoms with van der Waals surface area (Å²) in [5.41, 5.74) is 4.47. The molecule has 2 atom stereocenters. The lowest BCUT2D eigenvalue weighted by atomic mass is 10.1. The van der Waals surface area contributed by atoms with E-state index in [0.29, 0.717) is 4.90 Å². The topological polar surface area (TPSA) is 101 Å². The van der Waals surface area contributed by atoms with Crippen LogP contribution in [-0.4, -0.2) is 38.9 Å². The van der Waals surface area contributed by atoms with Crippen molar-refractivity contribution in [1.82, 2.24) is 0 Å². The minimum atomic E-state index is -4.60. The smallest absolute Gasteiger partial charge is 0.416 e. The Labute approximate surface area is 151 Å². The molecule has 2 rings (SSSR count). The number of carboxylic acids is 1. The number of nitrogens with zero attached hydrogens (tertiary/aromatic N) is 1. The van der Waals surface area contributed by atoms with Gasteiger partial charge in [-0.3, -0.25) is 14.4 Å². The van der Waals surface area contributed by atoms with Gasteiger partial charge in [0, 0.05) is 11.2 Å². The van der Waals surface area contributed by atoms with Crippen LogP contribution in [0.1, 0.15) is 25.8 Å². The highest BCUT2D eigenvalue weighted by Crippen LogP contribution is 2.39. The van der Waals surface area contributed by atoms with Crippen molar-refractivity contribution in [3.63, 3.8) is 0 Å². The first-order chi connectivity index (χ1) is 11.8. The number of nitrogens with two attached hydrogens (primary N) is 1. The maximum Gasteiger partial charge on any atom is 0.416 e. The zero-order valence-corrected chi connectivity index (χ0v) is 14.7. The van der Waals surface area contributed by atoms with Crippen molar-refractivity contribution in [3.05, 3.63) is 29.8 Å². The van der Waals surface area contributed by atoms with Gasteiger partial charge >= 0.3 is 12.1 Å². The second-order valence-electron chi connectivity index (χ2n) is 6.35. The minimum absolute atomic E-state index is 0.168. The first-order valence-corrected chi connectivity index (χ1v) is 8.43. The largest absolute Gasteiger partial charge is 0.480 e. The fraction of sp³-hybridized carbons (Fsp3) is 0.438. The molecule has 0 saturated carbocycles. The first kappa shape index (κ1) is 20.2. The van der Waals surface area contributed by atoms with Gasteiger partial charge in [0.1, 0.15) is 6.04 Å². The minimum Gasteiger partial charge on any atom is -0.480 e. The standard InChI is InChI=1S/C16H17F3N2O4S/c1-15(2,12(20)14(24)25)26-10-7-11(22)21(13(10)23)9-5-3-4-8(6-9)16(17,18)19/h3-6,10,12H,7,20H2,1-2H3,(H,24,25)/t10-,12+/m1/s1. The molecule has 0 spiro atoms. The van der Waals surface area contributed by atoms with Crippen LogP contribution in [0.15, 0.2) is 24.3 Å². The third-order valence-electron chi connectivity index (χ3n) is 4.00. The first-order valence-electron chi connectivity index (χ1n) is 7.55. The molecule has 1 aliphatic heterocycles. The fourth-order valence-corrected chi connectivity index (χ4v) is 3.94. The molecule has 1 heterocycles. The molecule has 10 heteroatoms. The van der Waals surface area contributed by atoms with Crippen LogP contribution in [0.3, 0.4) is 0 Å². The van der Waals surface area contributed by atoms with Crippen LogP contribution in [0, 0.1) is 0 Å². The van der Waals surface area contributed by atoms with Crippen molar-refractivity contribution in [2.45, 2.75) is 42.5 Å². The predicted molar refractivity (Wildman–Crippen MR) is 89.6 cm³/mol. The van der Waals surface area contributed by atoms with Crippen LogP contribution < -0.4 is 10.6 Å². The van der Waals surface area contributed by atoms with E-state index >= 15 is 0 Å². The van der Waals surface area contributed by atoms with Gasteiger partial charge < -0.3 is 10.8 Å². The lowest BCUT2D eigenvalue weighted by Crippen LogP contribution is -2.48. The Hall–Kier alpha value is -2.07. The van der Waals surface area contributed by atoms with E-state index in [-0.39, 0.29) is 12.1 Å². The number of hydrogen-bond donors (Lipinski definition) is 2. The van der Waals surface area contributed by atoms with E-state index < -0.39 is 45.6 Å². The summed E-state index contributed by atoms with van der Waals surface area (Å²) >= 11 is 0.926. The second-order valence-corrected chi connectivity index (χ2v) is 8.20. The number of carbonyl (C=O) groups excluding carboxylic acids is 2. The van der Waals surface area contributed by atoms with Gasteiger partial charge in [0.05, 0.1) is 16.5 Å². The number of imide groups is 1. The molecule has 0 aliphatic carbocycles. The Morgan fingerprint density at radius 1 is 1.35 bits per heavy atom. The molecule has 0 unspecified atom stereocenters. The summed E-state index contributed by atoms with van der Waals surface area (Å²) in [6.07, 6.45) is -4.85. The summed E-state index contributed by atoms with van der Waals surface area (Å²) < 4.78 is 37.5. The third-order valence-corrected chi connectivity index (χ3v) is 5.51. The molecule has 142 valence electrons. The Kier molecular flexibility index (Phi) is 5.39. The van der Waals surface area contributed by atoms with Crippen LogP contribution in [0.25, 0.3) is 0 Å². The summed E-state index contributed by atoms with van der Waals surface area (Å²) in [5, 5.41) is 8.12. The van der Waals surface area contributed by atoms with E-state index in [4.69, 9.17) is 10.8 Å². The Morgan fingerprint density at radius 3 is 2.50 bits per heavy atom. The molecule has 1 aromatic rings. The lowest BCUT2D eigenvalue weighted by Gasteiger charge is -2.30. The maximum atomic E-state index is 12.9. The number of hydrogen-bond acceptors (Lipinski definition) is 5. The van der Waals surface area contributed by atoms with E-state index in [0.717, 1.165) is 30.0 Å². The van der Waals surface area contributed by atoms with Crippen LogP contribution in [-0.2, 0) is 20.6 Å². The van der Waals surface area contributed by atoms with Gasteiger partial charge in [-0.2, -0.15) is 13.2 Å². The SMILES string of the molecule is CC(C)(S[C@@H]1CC(=O)N(c2cccc(C(F)(F)F)c2)C1=O)[C@@H](N)C(=O)O. The van der Waals surface area contributed by atoms with Gasteiger partial charge in [0.2, 0.25) is 11.8 Å². The molecule has 1 fully saturated rings. The van der Waals surface area contributed by atoms with E-state index in [2.05, 4.69) is 0 Å². The molecule has 0 bridgehead atoms. The van der Waals surface area contributed by atoms with Crippen molar-refractivity contribution < 1.29 is 32.7 Å². The molecule has 1 saturated heterocycles. The molecule has 0 aromatic heterocycles. The van der Waals surface area contributed by atoms with Crippen molar-refractivity contribution in [1.29, 1.82) is 0 Å². The highest BCUT2D eigenvalue weighted by Gasteiger charge is 2.45. The molecule has 2 amide bonds. The zero-order chi connectivity index (χ0) is 19.9. The highest BCUT2D eigenvalue weighted by atomic mass is 32.2. The maximum absolute atomic E-state index is 12.9. The monoisotopic (exact) mass is 390 g/mol. The Balaban J connectivity index is 2.26. The van der Waals surface area contributed by atoms with Crippen molar-refractivity contribution in [2.24, 2.45) is 5.73 Å². The summed E-state index contributed by atoms with van der Waals surface area (Å²) in [6.45, 7) is 3.06. The summed E-state index contributed by atoms with van der Waals surface area (Å²) in [5.74, 6) is -2.59. The summed E-state index contributed by atoms with van der Waals surface area (Å²) in [7, 11) is 0. The van der Waals surface area contributed by atoms with E-state index in [9.17, 15) is 27.6 Å².